The number of hydrogen-bond donors (Lipinski definition) is 1. The van der Waals surface area contributed by atoms with Gasteiger partial charge in [0.15, 0.2) is 0 Å². The zero-order chi connectivity index (χ0) is 12.0. The molecule has 1 aliphatic rings. The van der Waals surface area contributed by atoms with Crippen LogP contribution in [-0.2, 0) is 4.79 Å². The van der Waals surface area contributed by atoms with Crippen LogP contribution in [0.15, 0.2) is 0 Å². The van der Waals surface area contributed by atoms with Gasteiger partial charge in [-0.3, -0.25) is 4.79 Å². The van der Waals surface area contributed by atoms with E-state index in [0.717, 1.165) is 32.2 Å². The Hall–Kier alpha value is -0.570. The molecule has 1 atom stereocenters. The first-order valence-electron chi connectivity index (χ1n) is 6.70. The standard InChI is InChI=1S/C13H26N2O/c1-3-4-10-15(12-8-9-12)13(16)7-5-6-11(2)14/h11-12H,3-10,14H2,1-2H3. The molecule has 3 heteroatoms. The predicted molar refractivity (Wildman–Crippen MR) is 67.1 cm³/mol. The summed E-state index contributed by atoms with van der Waals surface area (Å²) < 4.78 is 0. The molecule has 0 saturated heterocycles. The van der Waals surface area contributed by atoms with Gasteiger partial charge in [0.05, 0.1) is 0 Å². The average molecular weight is 226 g/mol. The van der Waals surface area contributed by atoms with E-state index in [1.807, 2.05) is 6.92 Å². The maximum atomic E-state index is 12.0. The van der Waals surface area contributed by atoms with Crippen LogP contribution in [0.2, 0.25) is 0 Å². The first-order valence-corrected chi connectivity index (χ1v) is 6.70. The fourth-order valence-electron chi connectivity index (χ4n) is 1.94. The molecule has 1 aliphatic carbocycles. The Morgan fingerprint density at radius 1 is 1.44 bits per heavy atom. The highest BCUT2D eigenvalue weighted by atomic mass is 16.2. The molecule has 0 heterocycles. The summed E-state index contributed by atoms with van der Waals surface area (Å²) in [6, 6.07) is 0.784. The highest BCUT2D eigenvalue weighted by molar-refractivity contribution is 5.76. The Balaban J connectivity index is 2.24. The van der Waals surface area contributed by atoms with E-state index in [4.69, 9.17) is 5.73 Å². The fraction of sp³-hybridized carbons (Fsp3) is 0.923. The summed E-state index contributed by atoms with van der Waals surface area (Å²) in [5.41, 5.74) is 5.68. The number of carbonyl (C=O) groups is 1. The van der Waals surface area contributed by atoms with Gasteiger partial charge in [0.25, 0.3) is 0 Å². The van der Waals surface area contributed by atoms with Gasteiger partial charge in [-0.2, -0.15) is 0 Å². The second kappa shape index (κ2) is 6.89. The molecule has 16 heavy (non-hydrogen) atoms. The predicted octanol–water partition coefficient (Wildman–Crippen LogP) is 2.29. The second-order valence-electron chi connectivity index (χ2n) is 5.04. The first kappa shape index (κ1) is 13.5. The summed E-state index contributed by atoms with van der Waals surface area (Å²) in [4.78, 5) is 14.1. The monoisotopic (exact) mass is 226 g/mol. The molecular weight excluding hydrogens is 200 g/mol. The van der Waals surface area contributed by atoms with Gasteiger partial charge in [0, 0.05) is 25.0 Å². The van der Waals surface area contributed by atoms with Crippen molar-refractivity contribution in [2.45, 2.75) is 70.9 Å². The molecule has 1 fully saturated rings. The topological polar surface area (TPSA) is 46.3 Å². The number of nitrogens with zero attached hydrogens (tertiary/aromatic N) is 1. The van der Waals surface area contributed by atoms with Crippen LogP contribution in [0, 0.1) is 0 Å². The lowest BCUT2D eigenvalue weighted by Crippen LogP contribution is -2.34. The van der Waals surface area contributed by atoms with Gasteiger partial charge in [0.2, 0.25) is 5.91 Å². The van der Waals surface area contributed by atoms with Crippen molar-refractivity contribution in [2.24, 2.45) is 5.73 Å². The van der Waals surface area contributed by atoms with E-state index in [2.05, 4.69) is 11.8 Å². The zero-order valence-electron chi connectivity index (χ0n) is 10.7. The molecule has 1 amide bonds. The number of carbonyl (C=O) groups excluding carboxylic acids is 1. The van der Waals surface area contributed by atoms with Gasteiger partial charge >= 0.3 is 0 Å². The number of nitrogens with two attached hydrogens (primary N) is 1. The molecule has 1 rings (SSSR count). The SMILES string of the molecule is CCCCN(C(=O)CCCC(C)N)C1CC1. The highest BCUT2D eigenvalue weighted by Crippen LogP contribution is 2.28. The molecule has 94 valence electrons. The third kappa shape index (κ3) is 4.97. The minimum absolute atomic E-state index is 0.220. The van der Waals surface area contributed by atoms with E-state index >= 15 is 0 Å². The third-order valence-electron chi connectivity index (χ3n) is 3.11. The molecule has 0 aromatic rings. The van der Waals surface area contributed by atoms with Gasteiger partial charge in [-0.25, -0.2) is 0 Å². The average Bonchev–Trinajstić information content (AvgIpc) is 3.02. The van der Waals surface area contributed by atoms with Crippen molar-refractivity contribution in [1.29, 1.82) is 0 Å². The van der Waals surface area contributed by atoms with E-state index in [9.17, 15) is 4.79 Å². The van der Waals surface area contributed by atoms with Crippen LogP contribution in [0.5, 0.6) is 0 Å². The Morgan fingerprint density at radius 2 is 2.12 bits per heavy atom. The largest absolute Gasteiger partial charge is 0.340 e. The summed E-state index contributed by atoms with van der Waals surface area (Å²) in [6.45, 7) is 5.13. The highest BCUT2D eigenvalue weighted by Gasteiger charge is 2.31. The van der Waals surface area contributed by atoms with Gasteiger partial charge in [-0.05, 0) is 39.0 Å². The van der Waals surface area contributed by atoms with Gasteiger partial charge in [-0.1, -0.05) is 13.3 Å². The number of amides is 1. The van der Waals surface area contributed by atoms with Crippen LogP contribution in [0.3, 0.4) is 0 Å². The van der Waals surface area contributed by atoms with E-state index < -0.39 is 0 Å². The van der Waals surface area contributed by atoms with Crippen LogP contribution >= 0.6 is 0 Å². The molecule has 1 saturated carbocycles. The number of hydrogen-bond acceptors (Lipinski definition) is 2. The number of rotatable bonds is 8. The van der Waals surface area contributed by atoms with Crippen LogP contribution in [-0.4, -0.2) is 29.4 Å². The summed E-state index contributed by atoms with van der Waals surface area (Å²) in [5.74, 6) is 0.344. The maximum Gasteiger partial charge on any atom is 0.222 e. The van der Waals surface area contributed by atoms with E-state index in [0.29, 0.717) is 18.4 Å². The van der Waals surface area contributed by atoms with Crippen molar-refractivity contribution in [2.75, 3.05) is 6.54 Å². The lowest BCUT2D eigenvalue weighted by Gasteiger charge is -2.22. The summed E-state index contributed by atoms with van der Waals surface area (Å²) in [7, 11) is 0. The van der Waals surface area contributed by atoms with Gasteiger partial charge in [0.1, 0.15) is 0 Å². The lowest BCUT2D eigenvalue weighted by molar-refractivity contribution is -0.132. The zero-order valence-corrected chi connectivity index (χ0v) is 10.7. The fourth-order valence-corrected chi connectivity index (χ4v) is 1.94. The molecule has 0 aromatic heterocycles. The van der Waals surface area contributed by atoms with Crippen molar-refractivity contribution in [1.82, 2.24) is 4.90 Å². The molecule has 0 spiro atoms. The Kier molecular flexibility index (Phi) is 5.81. The molecule has 0 aromatic carbocycles. The van der Waals surface area contributed by atoms with Crippen molar-refractivity contribution in [3.05, 3.63) is 0 Å². The molecular formula is C13H26N2O. The van der Waals surface area contributed by atoms with Crippen molar-refractivity contribution < 1.29 is 4.79 Å². The van der Waals surface area contributed by atoms with Crippen LogP contribution in [0.1, 0.15) is 58.8 Å². The molecule has 0 radical (unpaired) electrons. The molecule has 0 aliphatic heterocycles. The summed E-state index contributed by atoms with van der Waals surface area (Å²) in [6.07, 6.45) is 7.29. The summed E-state index contributed by atoms with van der Waals surface area (Å²) in [5, 5.41) is 0. The Morgan fingerprint density at radius 3 is 2.62 bits per heavy atom. The van der Waals surface area contributed by atoms with Gasteiger partial charge < -0.3 is 10.6 Å². The molecule has 3 nitrogen and oxygen atoms in total. The molecule has 0 bridgehead atoms. The first-order chi connectivity index (χ1) is 7.65. The lowest BCUT2D eigenvalue weighted by atomic mass is 10.1. The summed E-state index contributed by atoms with van der Waals surface area (Å²) >= 11 is 0. The van der Waals surface area contributed by atoms with E-state index in [-0.39, 0.29) is 6.04 Å². The van der Waals surface area contributed by atoms with Crippen LogP contribution < -0.4 is 5.73 Å². The molecule has 1 unspecified atom stereocenters. The van der Waals surface area contributed by atoms with Gasteiger partial charge in [-0.15, -0.1) is 0 Å². The second-order valence-corrected chi connectivity index (χ2v) is 5.04. The smallest absolute Gasteiger partial charge is 0.222 e. The Bertz CT molecular complexity index is 212. The third-order valence-corrected chi connectivity index (χ3v) is 3.11. The minimum Gasteiger partial charge on any atom is -0.340 e. The quantitative estimate of drug-likeness (QED) is 0.690. The van der Waals surface area contributed by atoms with E-state index in [1.54, 1.807) is 0 Å². The van der Waals surface area contributed by atoms with E-state index in [1.165, 1.54) is 12.8 Å². The Labute approximate surface area is 99.4 Å². The van der Waals surface area contributed by atoms with Crippen molar-refractivity contribution >= 4 is 5.91 Å². The number of unbranched alkanes of at least 4 members (excludes halogenated alkanes) is 1. The van der Waals surface area contributed by atoms with Crippen molar-refractivity contribution in [3.63, 3.8) is 0 Å². The minimum atomic E-state index is 0.220. The van der Waals surface area contributed by atoms with Crippen molar-refractivity contribution in [3.8, 4) is 0 Å². The molecule has 2 N–H and O–H groups in total. The van der Waals surface area contributed by atoms with Crippen LogP contribution in [0.25, 0.3) is 0 Å². The maximum absolute atomic E-state index is 12.0. The van der Waals surface area contributed by atoms with Crippen LogP contribution in [0.4, 0.5) is 0 Å². The normalized spacial score (nSPS) is 17.2.